The lowest BCUT2D eigenvalue weighted by Gasteiger charge is -2.22. The van der Waals surface area contributed by atoms with Gasteiger partial charge in [-0.05, 0) is 48.9 Å². The minimum absolute atomic E-state index is 0.0456. The molecule has 0 saturated carbocycles. The van der Waals surface area contributed by atoms with Crippen LogP contribution in [0.2, 0.25) is 0 Å². The molecule has 28 heavy (non-hydrogen) atoms. The summed E-state index contributed by atoms with van der Waals surface area (Å²) in [6.07, 6.45) is 5.29. The van der Waals surface area contributed by atoms with Gasteiger partial charge in [-0.15, -0.1) is 0 Å². The van der Waals surface area contributed by atoms with Gasteiger partial charge in [0.2, 0.25) is 0 Å². The van der Waals surface area contributed by atoms with Crippen molar-refractivity contribution in [1.82, 2.24) is 9.97 Å². The fourth-order valence-corrected chi connectivity index (χ4v) is 3.63. The number of rotatable bonds is 2. The molecule has 4 rings (SSSR count). The minimum Gasteiger partial charge on any atom is -0.372 e. The van der Waals surface area contributed by atoms with Gasteiger partial charge in [0.05, 0.1) is 5.69 Å². The summed E-state index contributed by atoms with van der Waals surface area (Å²) in [5.74, 6) is 6.11. The SMILES string of the molecule is CC(O)(C#Cc1ccc2c(c1)N(c1ccncc1)CC2(C)C)c1ccccn1. The number of hydrogen-bond acceptors (Lipinski definition) is 4. The summed E-state index contributed by atoms with van der Waals surface area (Å²) >= 11 is 0. The van der Waals surface area contributed by atoms with Gasteiger partial charge in [-0.2, -0.15) is 0 Å². The Hall–Kier alpha value is -3.16. The molecule has 1 unspecified atom stereocenters. The van der Waals surface area contributed by atoms with Crippen molar-refractivity contribution < 1.29 is 5.11 Å². The van der Waals surface area contributed by atoms with Gasteiger partial charge < -0.3 is 10.0 Å². The molecule has 0 fully saturated rings. The zero-order valence-electron chi connectivity index (χ0n) is 16.3. The maximum absolute atomic E-state index is 10.7. The monoisotopic (exact) mass is 369 g/mol. The molecule has 0 spiro atoms. The smallest absolute Gasteiger partial charge is 0.165 e. The van der Waals surface area contributed by atoms with Crippen LogP contribution in [-0.2, 0) is 11.0 Å². The molecule has 4 nitrogen and oxygen atoms in total. The summed E-state index contributed by atoms with van der Waals surface area (Å²) in [5, 5.41) is 10.7. The molecule has 0 saturated heterocycles. The zero-order valence-corrected chi connectivity index (χ0v) is 16.3. The molecule has 2 aromatic heterocycles. The molecule has 1 N–H and O–H groups in total. The molecule has 0 bridgehead atoms. The highest BCUT2D eigenvalue weighted by Gasteiger charge is 2.35. The van der Waals surface area contributed by atoms with E-state index in [1.54, 1.807) is 19.2 Å². The number of fused-ring (bicyclic) bond motifs is 1. The average molecular weight is 369 g/mol. The van der Waals surface area contributed by atoms with E-state index in [4.69, 9.17) is 0 Å². The molecule has 1 atom stereocenters. The highest BCUT2D eigenvalue weighted by atomic mass is 16.3. The van der Waals surface area contributed by atoms with Crippen LogP contribution in [0.4, 0.5) is 11.4 Å². The molecule has 1 aliphatic rings. The first-order valence-corrected chi connectivity index (χ1v) is 9.36. The molecule has 1 aliphatic heterocycles. The summed E-state index contributed by atoms with van der Waals surface area (Å²) in [6, 6.07) is 15.8. The van der Waals surface area contributed by atoms with E-state index in [9.17, 15) is 5.11 Å². The van der Waals surface area contributed by atoms with Crippen molar-refractivity contribution in [2.45, 2.75) is 31.8 Å². The van der Waals surface area contributed by atoms with Gasteiger partial charge in [0, 0.05) is 47.5 Å². The summed E-state index contributed by atoms with van der Waals surface area (Å²) in [7, 11) is 0. The normalized spacial score (nSPS) is 16.6. The molecule has 0 aliphatic carbocycles. The average Bonchev–Trinajstić information content (AvgIpc) is 2.98. The van der Waals surface area contributed by atoms with Crippen molar-refractivity contribution in [3.63, 3.8) is 0 Å². The molecular formula is C24H23N3O. The first-order chi connectivity index (χ1) is 13.4. The van der Waals surface area contributed by atoms with Crippen molar-refractivity contribution in [3.05, 3.63) is 83.9 Å². The first-order valence-electron chi connectivity index (χ1n) is 9.36. The van der Waals surface area contributed by atoms with Crippen LogP contribution < -0.4 is 4.90 Å². The lowest BCUT2D eigenvalue weighted by atomic mass is 9.86. The summed E-state index contributed by atoms with van der Waals surface area (Å²) in [4.78, 5) is 10.7. The van der Waals surface area contributed by atoms with Crippen LogP contribution in [0, 0.1) is 11.8 Å². The number of aliphatic hydroxyl groups is 1. The van der Waals surface area contributed by atoms with E-state index in [-0.39, 0.29) is 5.41 Å². The topological polar surface area (TPSA) is 49.2 Å². The third-order valence-electron chi connectivity index (χ3n) is 5.16. The Morgan fingerprint density at radius 1 is 1.07 bits per heavy atom. The Balaban J connectivity index is 1.72. The zero-order chi connectivity index (χ0) is 19.8. The summed E-state index contributed by atoms with van der Waals surface area (Å²) in [5.41, 5.74) is 3.73. The van der Waals surface area contributed by atoms with Crippen molar-refractivity contribution in [2.24, 2.45) is 0 Å². The molecule has 0 amide bonds. The Labute approximate surface area is 165 Å². The van der Waals surface area contributed by atoms with E-state index in [1.165, 1.54) is 5.56 Å². The minimum atomic E-state index is -1.30. The third-order valence-corrected chi connectivity index (χ3v) is 5.16. The number of anilines is 2. The lowest BCUT2D eigenvalue weighted by Crippen LogP contribution is -2.24. The molecular weight excluding hydrogens is 346 g/mol. The van der Waals surface area contributed by atoms with Crippen LogP contribution in [0.15, 0.2) is 67.1 Å². The predicted octanol–water partition coefficient (Wildman–Crippen LogP) is 4.17. The molecule has 4 heteroatoms. The number of pyridine rings is 2. The summed E-state index contributed by atoms with van der Waals surface area (Å²) < 4.78 is 0. The second-order valence-corrected chi connectivity index (χ2v) is 7.94. The van der Waals surface area contributed by atoms with Gasteiger partial charge >= 0.3 is 0 Å². The van der Waals surface area contributed by atoms with Gasteiger partial charge in [-0.25, -0.2) is 0 Å². The van der Waals surface area contributed by atoms with Crippen LogP contribution in [0.5, 0.6) is 0 Å². The van der Waals surface area contributed by atoms with Gasteiger partial charge in [0.1, 0.15) is 0 Å². The van der Waals surface area contributed by atoms with E-state index in [0.29, 0.717) is 5.69 Å². The van der Waals surface area contributed by atoms with Crippen LogP contribution in [0.3, 0.4) is 0 Å². The van der Waals surface area contributed by atoms with Crippen LogP contribution in [0.25, 0.3) is 0 Å². The third kappa shape index (κ3) is 3.37. The van der Waals surface area contributed by atoms with Crippen molar-refractivity contribution >= 4 is 11.4 Å². The van der Waals surface area contributed by atoms with E-state index >= 15 is 0 Å². The fraction of sp³-hybridized carbons (Fsp3) is 0.250. The van der Waals surface area contributed by atoms with Crippen LogP contribution >= 0.6 is 0 Å². The molecule has 140 valence electrons. The van der Waals surface area contributed by atoms with E-state index in [2.05, 4.69) is 52.7 Å². The van der Waals surface area contributed by atoms with Crippen LogP contribution in [0.1, 0.15) is 37.6 Å². The molecule has 0 radical (unpaired) electrons. The second-order valence-electron chi connectivity index (χ2n) is 7.94. The summed E-state index contributed by atoms with van der Waals surface area (Å²) in [6.45, 7) is 7.07. The first kappa shape index (κ1) is 18.2. The predicted molar refractivity (Wildman–Crippen MR) is 111 cm³/mol. The Bertz CT molecular complexity index is 1050. The van der Waals surface area contributed by atoms with Crippen molar-refractivity contribution in [1.29, 1.82) is 0 Å². The highest BCUT2D eigenvalue weighted by molar-refractivity contribution is 5.73. The Morgan fingerprint density at radius 2 is 1.86 bits per heavy atom. The lowest BCUT2D eigenvalue weighted by molar-refractivity contribution is 0.117. The fourth-order valence-electron chi connectivity index (χ4n) is 3.63. The van der Waals surface area contributed by atoms with Crippen LogP contribution in [-0.4, -0.2) is 21.6 Å². The number of aromatic nitrogens is 2. The molecule has 3 heterocycles. The number of hydrogen-bond donors (Lipinski definition) is 1. The second kappa shape index (κ2) is 6.78. The van der Waals surface area contributed by atoms with E-state index in [0.717, 1.165) is 23.5 Å². The van der Waals surface area contributed by atoms with Gasteiger partial charge in [0.15, 0.2) is 5.60 Å². The van der Waals surface area contributed by atoms with Gasteiger partial charge in [0.25, 0.3) is 0 Å². The van der Waals surface area contributed by atoms with E-state index < -0.39 is 5.60 Å². The quantitative estimate of drug-likeness (QED) is 0.689. The Kier molecular flexibility index (Phi) is 4.41. The number of benzene rings is 1. The maximum Gasteiger partial charge on any atom is 0.165 e. The maximum atomic E-state index is 10.7. The standard InChI is InChI=1S/C24H23N3O/c1-23(2)17-27(19-10-14-25-15-11-19)21-16-18(7-8-20(21)23)9-12-24(3,28)22-6-4-5-13-26-22/h4-8,10-11,13-16,28H,17H2,1-3H3. The van der Waals surface area contributed by atoms with Gasteiger partial charge in [-0.3, -0.25) is 9.97 Å². The van der Waals surface area contributed by atoms with Gasteiger partial charge in [-0.1, -0.05) is 37.8 Å². The van der Waals surface area contributed by atoms with Crippen molar-refractivity contribution in [3.8, 4) is 11.8 Å². The largest absolute Gasteiger partial charge is 0.372 e. The molecule has 1 aromatic carbocycles. The van der Waals surface area contributed by atoms with Crippen molar-refractivity contribution in [2.75, 3.05) is 11.4 Å². The highest BCUT2D eigenvalue weighted by Crippen LogP contribution is 2.44. The number of nitrogens with zero attached hydrogens (tertiary/aromatic N) is 3. The Morgan fingerprint density at radius 3 is 2.57 bits per heavy atom. The molecule has 3 aromatic rings. The van der Waals surface area contributed by atoms with E-state index in [1.807, 2.05) is 42.7 Å².